The number of aryl methyl sites for hydroxylation is 2. The smallest absolute Gasteiger partial charge is 0.265 e. The SMILES string of the molecule is Cc1nc(-c2cn(C)c3ncccc23)sc1C(=O)N1CCCCC1. The Labute approximate surface area is 145 Å². The molecule has 0 bridgehead atoms. The molecule has 6 heteroatoms. The number of carbonyl (C=O) groups is 1. The molecule has 0 spiro atoms. The van der Waals surface area contributed by atoms with Crippen molar-refractivity contribution in [1.29, 1.82) is 0 Å². The molecule has 0 N–H and O–H groups in total. The van der Waals surface area contributed by atoms with Gasteiger partial charge in [-0.25, -0.2) is 9.97 Å². The summed E-state index contributed by atoms with van der Waals surface area (Å²) in [5.74, 6) is 0.134. The van der Waals surface area contributed by atoms with Gasteiger partial charge in [0.2, 0.25) is 0 Å². The number of hydrogen-bond donors (Lipinski definition) is 0. The van der Waals surface area contributed by atoms with Crippen LogP contribution in [0.4, 0.5) is 0 Å². The molecule has 4 rings (SSSR count). The van der Waals surface area contributed by atoms with Crippen molar-refractivity contribution in [3.05, 3.63) is 35.1 Å². The average molecular weight is 340 g/mol. The monoisotopic (exact) mass is 340 g/mol. The Balaban J connectivity index is 1.74. The largest absolute Gasteiger partial charge is 0.338 e. The van der Waals surface area contributed by atoms with Gasteiger partial charge in [-0.05, 0) is 38.3 Å². The summed E-state index contributed by atoms with van der Waals surface area (Å²) in [5, 5.41) is 1.97. The fourth-order valence-corrected chi connectivity index (χ4v) is 4.39. The second-order valence-electron chi connectivity index (χ2n) is 6.31. The van der Waals surface area contributed by atoms with Crippen molar-refractivity contribution in [2.24, 2.45) is 7.05 Å². The van der Waals surface area contributed by atoms with Crippen LogP contribution in [0, 0.1) is 6.92 Å². The summed E-state index contributed by atoms with van der Waals surface area (Å²) in [5.41, 5.74) is 2.81. The van der Waals surface area contributed by atoms with Gasteiger partial charge in [0.25, 0.3) is 5.91 Å². The van der Waals surface area contributed by atoms with Crippen LogP contribution in [0.15, 0.2) is 24.5 Å². The Kier molecular flexibility index (Phi) is 3.84. The topological polar surface area (TPSA) is 51.0 Å². The first-order chi connectivity index (χ1) is 11.6. The highest BCUT2D eigenvalue weighted by molar-refractivity contribution is 7.17. The molecule has 3 aromatic rings. The van der Waals surface area contributed by atoms with Crippen molar-refractivity contribution in [2.45, 2.75) is 26.2 Å². The molecule has 0 unspecified atom stereocenters. The molecule has 0 atom stereocenters. The number of rotatable bonds is 2. The lowest BCUT2D eigenvalue weighted by Crippen LogP contribution is -2.35. The molecule has 0 aromatic carbocycles. The first-order valence-electron chi connectivity index (χ1n) is 8.32. The number of fused-ring (bicyclic) bond motifs is 1. The molecular weight excluding hydrogens is 320 g/mol. The predicted octanol–water partition coefficient (Wildman–Crippen LogP) is 3.63. The van der Waals surface area contributed by atoms with Gasteiger partial charge in [0.15, 0.2) is 0 Å². The molecule has 5 nitrogen and oxygen atoms in total. The molecular formula is C18H20N4OS. The highest BCUT2D eigenvalue weighted by Gasteiger charge is 2.24. The quantitative estimate of drug-likeness (QED) is 0.716. The van der Waals surface area contributed by atoms with E-state index in [1.54, 1.807) is 6.20 Å². The zero-order valence-electron chi connectivity index (χ0n) is 14.0. The van der Waals surface area contributed by atoms with E-state index >= 15 is 0 Å². The van der Waals surface area contributed by atoms with Crippen molar-refractivity contribution in [2.75, 3.05) is 13.1 Å². The Hall–Kier alpha value is -2.21. The molecule has 0 radical (unpaired) electrons. The molecule has 1 saturated heterocycles. The van der Waals surface area contributed by atoms with E-state index in [9.17, 15) is 4.79 Å². The molecule has 1 aliphatic heterocycles. The third-order valence-corrected chi connectivity index (χ3v) is 5.78. The number of nitrogens with zero attached hydrogens (tertiary/aromatic N) is 4. The van der Waals surface area contributed by atoms with E-state index in [2.05, 4.69) is 11.1 Å². The second-order valence-corrected chi connectivity index (χ2v) is 7.31. The van der Waals surface area contributed by atoms with Gasteiger partial charge in [-0.2, -0.15) is 0 Å². The minimum atomic E-state index is 0.134. The fourth-order valence-electron chi connectivity index (χ4n) is 3.33. The van der Waals surface area contributed by atoms with Crippen molar-refractivity contribution < 1.29 is 4.79 Å². The Bertz CT molecular complexity index is 905. The van der Waals surface area contributed by atoms with Gasteiger partial charge in [0.1, 0.15) is 15.5 Å². The zero-order valence-corrected chi connectivity index (χ0v) is 14.8. The van der Waals surface area contributed by atoms with Crippen LogP contribution >= 0.6 is 11.3 Å². The first kappa shape index (κ1) is 15.3. The number of likely N-dealkylation sites (tertiary alicyclic amines) is 1. The normalized spacial score (nSPS) is 15.2. The maximum Gasteiger partial charge on any atom is 0.265 e. The summed E-state index contributed by atoms with van der Waals surface area (Å²) < 4.78 is 2.01. The number of carbonyl (C=O) groups excluding carboxylic acids is 1. The predicted molar refractivity (Wildman–Crippen MR) is 96.3 cm³/mol. The van der Waals surface area contributed by atoms with Crippen LogP contribution in [-0.2, 0) is 7.05 Å². The van der Waals surface area contributed by atoms with E-state index in [-0.39, 0.29) is 5.91 Å². The van der Waals surface area contributed by atoms with E-state index < -0.39 is 0 Å². The fraction of sp³-hybridized carbons (Fsp3) is 0.389. The Morgan fingerprint density at radius 3 is 2.83 bits per heavy atom. The summed E-state index contributed by atoms with van der Waals surface area (Å²) in [4.78, 5) is 24.7. The Morgan fingerprint density at radius 2 is 2.04 bits per heavy atom. The van der Waals surface area contributed by atoms with E-state index in [0.29, 0.717) is 0 Å². The molecule has 0 aliphatic carbocycles. The summed E-state index contributed by atoms with van der Waals surface area (Å²) >= 11 is 1.50. The van der Waals surface area contributed by atoms with Crippen LogP contribution in [0.25, 0.3) is 21.6 Å². The summed E-state index contributed by atoms with van der Waals surface area (Å²) in [6, 6.07) is 3.99. The maximum absolute atomic E-state index is 12.8. The molecule has 124 valence electrons. The van der Waals surface area contributed by atoms with E-state index in [4.69, 9.17) is 4.98 Å². The first-order valence-corrected chi connectivity index (χ1v) is 9.14. The van der Waals surface area contributed by atoms with Gasteiger partial charge in [-0.15, -0.1) is 11.3 Å². The van der Waals surface area contributed by atoms with Gasteiger partial charge >= 0.3 is 0 Å². The number of amides is 1. The van der Waals surface area contributed by atoms with Crippen LogP contribution in [0.1, 0.15) is 34.6 Å². The number of thiazole rings is 1. The molecule has 24 heavy (non-hydrogen) atoms. The average Bonchev–Trinajstić information content (AvgIpc) is 3.16. The van der Waals surface area contributed by atoms with Crippen molar-refractivity contribution in [1.82, 2.24) is 19.4 Å². The molecule has 4 heterocycles. The Morgan fingerprint density at radius 1 is 1.25 bits per heavy atom. The summed E-state index contributed by atoms with van der Waals surface area (Å²) in [6.07, 6.45) is 7.27. The molecule has 1 fully saturated rings. The molecule has 0 saturated carbocycles. The van der Waals surface area contributed by atoms with Gasteiger partial charge in [-0.3, -0.25) is 4.79 Å². The van der Waals surface area contributed by atoms with Gasteiger partial charge < -0.3 is 9.47 Å². The molecule has 1 amide bonds. The van der Waals surface area contributed by atoms with Crippen molar-refractivity contribution >= 4 is 28.3 Å². The number of aromatic nitrogens is 3. The molecule has 1 aliphatic rings. The highest BCUT2D eigenvalue weighted by atomic mass is 32.1. The summed E-state index contributed by atoms with van der Waals surface area (Å²) in [6.45, 7) is 3.66. The lowest BCUT2D eigenvalue weighted by Gasteiger charge is -2.26. The second kappa shape index (κ2) is 6.02. The van der Waals surface area contributed by atoms with E-state index in [1.807, 2.05) is 35.7 Å². The third-order valence-electron chi connectivity index (χ3n) is 4.60. The lowest BCUT2D eigenvalue weighted by atomic mass is 10.1. The van der Waals surface area contributed by atoms with Gasteiger partial charge in [0.05, 0.1) is 5.69 Å². The molecule has 3 aromatic heterocycles. The highest BCUT2D eigenvalue weighted by Crippen LogP contribution is 2.34. The standard InChI is InChI=1S/C18H20N4OS/c1-12-15(18(23)22-9-4-3-5-10-22)24-17(20-12)14-11-21(2)16-13(14)7-6-8-19-16/h6-8,11H,3-5,9-10H2,1-2H3. The minimum Gasteiger partial charge on any atom is -0.338 e. The summed E-state index contributed by atoms with van der Waals surface area (Å²) in [7, 11) is 1.99. The maximum atomic E-state index is 12.8. The zero-order chi connectivity index (χ0) is 16.7. The van der Waals surface area contributed by atoms with Gasteiger partial charge in [-0.1, -0.05) is 0 Å². The minimum absolute atomic E-state index is 0.134. The van der Waals surface area contributed by atoms with E-state index in [0.717, 1.165) is 58.1 Å². The van der Waals surface area contributed by atoms with E-state index in [1.165, 1.54) is 17.8 Å². The van der Waals surface area contributed by atoms with Crippen LogP contribution in [0.5, 0.6) is 0 Å². The number of piperidine rings is 1. The third kappa shape index (κ3) is 2.51. The lowest BCUT2D eigenvalue weighted by molar-refractivity contribution is 0.0728. The van der Waals surface area contributed by atoms with Crippen LogP contribution in [0.3, 0.4) is 0 Å². The van der Waals surface area contributed by atoms with Crippen LogP contribution in [0.2, 0.25) is 0 Å². The number of pyridine rings is 1. The van der Waals surface area contributed by atoms with Gasteiger partial charge in [0, 0.05) is 43.5 Å². The number of hydrogen-bond acceptors (Lipinski definition) is 4. The van der Waals surface area contributed by atoms with Crippen molar-refractivity contribution in [3.8, 4) is 10.6 Å². The van der Waals surface area contributed by atoms with Crippen LogP contribution < -0.4 is 0 Å². The van der Waals surface area contributed by atoms with Crippen molar-refractivity contribution in [3.63, 3.8) is 0 Å². The van der Waals surface area contributed by atoms with Crippen LogP contribution in [-0.4, -0.2) is 38.4 Å².